The fourth-order valence-corrected chi connectivity index (χ4v) is 4.16. The minimum atomic E-state index is -0.0434. The van der Waals surface area contributed by atoms with Crippen molar-refractivity contribution in [2.75, 3.05) is 21.3 Å². The van der Waals surface area contributed by atoms with Crippen molar-refractivity contribution in [2.45, 2.75) is 33.7 Å². The van der Waals surface area contributed by atoms with Gasteiger partial charge in [-0.2, -0.15) is 0 Å². The van der Waals surface area contributed by atoms with E-state index in [4.69, 9.17) is 14.2 Å². The van der Waals surface area contributed by atoms with E-state index in [0.29, 0.717) is 34.0 Å². The molecule has 5 nitrogen and oxygen atoms in total. The quantitative estimate of drug-likeness (QED) is 0.699. The Morgan fingerprint density at radius 1 is 0.889 bits per heavy atom. The lowest BCUT2D eigenvalue weighted by Gasteiger charge is -2.25. The van der Waals surface area contributed by atoms with Gasteiger partial charge in [-0.3, -0.25) is 4.79 Å². The molecule has 1 heterocycles. The van der Waals surface area contributed by atoms with Gasteiger partial charge < -0.3 is 19.5 Å². The number of amides is 1. The largest absolute Gasteiger partial charge is 0.493 e. The maximum absolute atomic E-state index is 12.7. The van der Waals surface area contributed by atoms with Crippen molar-refractivity contribution in [1.29, 1.82) is 0 Å². The Balaban J connectivity index is 2.34. The third-order valence-electron chi connectivity index (χ3n) is 4.53. The zero-order valence-corrected chi connectivity index (χ0v) is 17.9. The third kappa shape index (κ3) is 4.56. The molecule has 1 N–H and O–H groups in total. The van der Waals surface area contributed by atoms with Crippen LogP contribution in [0.15, 0.2) is 24.3 Å². The molecule has 27 heavy (non-hydrogen) atoms. The highest BCUT2D eigenvalue weighted by Gasteiger charge is 2.23. The van der Waals surface area contributed by atoms with E-state index in [-0.39, 0.29) is 11.9 Å². The smallest absolute Gasteiger partial charge is 0.261 e. The summed E-state index contributed by atoms with van der Waals surface area (Å²) >= 11 is 1.43. The Bertz CT molecular complexity index is 774. The lowest BCUT2D eigenvalue weighted by Crippen LogP contribution is -2.41. The minimum absolute atomic E-state index is 0.0434. The van der Waals surface area contributed by atoms with E-state index in [2.05, 4.69) is 33.0 Å². The van der Waals surface area contributed by atoms with Crippen LogP contribution in [-0.2, 0) is 0 Å². The molecule has 2 rings (SSSR count). The van der Waals surface area contributed by atoms with Crippen LogP contribution < -0.4 is 19.5 Å². The van der Waals surface area contributed by atoms with Crippen LogP contribution in [-0.4, -0.2) is 33.3 Å². The SMILES string of the molecule is COc1ccc(-c2ccc(C(=O)NC(C(C)C)C(C)C)s2)c(OC)c1OC. The Hall–Kier alpha value is -2.21. The highest BCUT2D eigenvalue weighted by Crippen LogP contribution is 2.45. The number of thiophene rings is 1. The Labute approximate surface area is 165 Å². The van der Waals surface area contributed by atoms with Crippen LogP contribution in [0.4, 0.5) is 0 Å². The topological polar surface area (TPSA) is 56.8 Å². The molecule has 0 saturated carbocycles. The molecule has 0 unspecified atom stereocenters. The number of hydrogen-bond acceptors (Lipinski definition) is 5. The summed E-state index contributed by atoms with van der Waals surface area (Å²) in [7, 11) is 4.76. The van der Waals surface area contributed by atoms with Crippen LogP contribution in [0.2, 0.25) is 0 Å². The van der Waals surface area contributed by atoms with Crippen LogP contribution in [0.1, 0.15) is 37.4 Å². The van der Waals surface area contributed by atoms with Crippen molar-refractivity contribution < 1.29 is 19.0 Å². The number of benzene rings is 1. The molecule has 0 fully saturated rings. The van der Waals surface area contributed by atoms with E-state index in [0.717, 1.165) is 10.4 Å². The van der Waals surface area contributed by atoms with Crippen molar-refractivity contribution in [3.8, 4) is 27.7 Å². The van der Waals surface area contributed by atoms with Crippen molar-refractivity contribution >= 4 is 17.2 Å². The molecule has 0 saturated heterocycles. The fourth-order valence-electron chi connectivity index (χ4n) is 3.23. The van der Waals surface area contributed by atoms with Crippen LogP contribution in [0.3, 0.4) is 0 Å². The minimum Gasteiger partial charge on any atom is -0.493 e. The number of methoxy groups -OCH3 is 3. The molecule has 1 aromatic carbocycles. The highest BCUT2D eigenvalue weighted by atomic mass is 32.1. The molecule has 0 aliphatic heterocycles. The molecule has 0 aliphatic rings. The summed E-state index contributed by atoms with van der Waals surface area (Å²) < 4.78 is 16.4. The first-order valence-corrected chi connectivity index (χ1v) is 9.85. The molecular weight excluding hydrogens is 362 g/mol. The van der Waals surface area contributed by atoms with Gasteiger partial charge >= 0.3 is 0 Å². The van der Waals surface area contributed by atoms with Crippen molar-refractivity contribution in [3.05, 3.63) is 29.1 Å². The van der Waals surface area contributed by atoms with E-state index in [1.165, 1.54) is 11.3 Å². The summed E-state index contributed by atoms with van der Waals surface area (Å²) in [5.41, 5.74) is 0.864. The van der Waals surface area contributed by atoms with Gasteiger partial charge in [-0.05, 0) is 36.1 Å². The number of carbonyl (C=O) groups excluding carboxylic acids is 1. The highest BCUT2D eigenvalue weighted by molar-refractivity contribution is 7.17. The van der Waals surface area contributed by atoms with E-state index in [1.807, 2.05) is 24.3 Å². The molecule has 0 atom stereocenters. The summed E-state index contributed by atoms with van der Waals surface area (Å²) in [4.78, 5) is 14.3. The summed E-state index contributed by atoms with van der Waals surface area (Å²) in [5, 5.41) is 3.16. The lowest BCUT2D eigenvalue weighted by molar-refractivity contribution is 0.0914. The monoisotopic (exact) mass is 391 g/mol. The number of ether oxygens (including phenoxy) is 3. The van der Waals surface area contributed by atoms with E-state index in [9.17, 15) is 4.79 Å². The number of carbonyl (C=O) groups is 1. The molecule has 148 valence electrons. The standard InChI is InChI=1S/C21H29NO4S/c1-12(2)18(13(3)4)22-21(23)17-11-10-16(27-17)14-8-9-15(24-5)20(26-7)19(14)25-6/h8-13,18H,1-7H3,(H,22,23). The van der Waals surface area contributed by atoms with Crippen LogP contribution in [0.5, 0.6) is 17.2 Å². The van der Waals surface area contributed by atoms with Crippen molar-refractivity contribution in [1.82, 2.24) is 5.32 Å². The summed E-state index contributed by atoms with van der Waals surface area (Å²) in [6.45, 7) is 8.50. The molecule has 1 aromatic heterocycles. The first-order chi connectivity index (χ1) is 12.8. The average molecular weight is 392 g/mol. The zero-order chi connectivity index (χ0) is 20.1. The van der Waals surface area contributed by atoms with Gasteiger partial charge in [0.1, 0.15) is 0 Å². The third-order valence-corrected chi connectivity index (χ3v) is 5.65. The number of rotatable bonds is 8. The number of nitrogens with one attached hydrogen (secondary N) is 1. The average Bonchev–Trinajstić information content (AvgIpc) is 3.13. The molecular formula is C21H29NO4S. The molecule has 2 aromatic rings. The molecule has 0 radical (unpaired) electrons. The Kier molecular flexibility index (Phi) is 7.13. The summed E-state index contributed by atoms with van der Waals surface area (Å²) in [6, 6.07) is 7.67. The van der Waals surface area contributed by atoms with Crippen molar-refractivity contribution in [2.24, 2.45) is 11.8 Å². The first kappa shape index (κ1) is 21.1. The second kappa shape index (κ2) is 9.13. The van der Waals surface area contributed by atoms with Crippen LogP contribution >= 0.6 is 11.3 Å². The Morgan fingerprint density at radius 2 is 1.52 bits per heavy atom. The van der Waals surface area contributed by atoms with Gasteiger partial charge in [-0.1, -0.05) is 27.7 Å². The second-order valence-corrected chi connectivity index (χ2v) is 8.12. The van der Waals surface area contributed by atoms with Crippen LogP contribution in [0, 0.1) is 11.8 Å². The van der Waals surface area contributed by atoms with Gasteiger partial charge in [-0.25, -0.2) is 0 Å². The maximum atomic E-state index is 12.7. The van der Waals surface area contributed by atoms with Gasteiger partial charge in [0.05, 0.1) is 26.2 Å². The van der Waals surface area contributed by atoms with Gasteiger partial charge in [0, 0.05) is 16.5 Å². The van der Waals surface area contributed by atoms with Crippen molar-refractivity contribution in [3.63, 3.8) is 0 Å². The van der Waals surface area contributed by atoms with Crippen LogP contribution in [0.25, 0.3) is 10.4 Å². The van der Waals surface area contributed by atoms with Gasteiger partial charge in [0.15, 0.2) is 11.5 Å². The molecule has 1 amide bonds. The molecule has 0 spiro atoms. The second-order valence-electron chi connectivity index (χ2n) is 7.03. The van der Waals surface area contributed by atoms with Gasteiger partial charge in [-0.15, -0.1) is 11.3 Å². The Morgan fingerprint density at radius 3 is 2.04 bits per heavy atom. The van der Waals surface area contributed by atoms with Gasteiger partial charge in [0.2, 0.25) is 5.75 Å². The number of hydrogen-bond donors (Lipinski definition) is 1. The fraction of sp³-hybridized carbons (Fsp3) is 0.476. The molecule has 6 heteroatoms. The lowest BCUT2D eigenvalue weighted by atomic mass is 9.93. The van der Waals surface area contributed by atoms with E-state index >= 15 is 0 Å². The maximum Gasteiger partial charge on any atom is 0.261 e. The van der Waals surface area contributed by atoms with E-state index in [1.54, 1.807) is 21.3 Å². The van der Waals surface area contributed by atoms with E-state index < -0.39 is 0 Å². The predicted molar refractivity (Wildman–Crippen MR) is 110 cm³/mol. The van der Waals surface area contributed by atoms with Gasteiger partial charge in [0.25, 0.3) is 5.91 Å². The first-order valence-electron chi connectivity index (χ1n) is 9.04. The predicted octanol–water partition coefficient (Wildman–Crippen LogP) is 4.85. The normalized spacial score (nSPS) is 11.2. The summed E-state index contributed by atoms with van der Waals surface area (Å²) in [5.74, 6) is 2.44. The molecule has 0 aliphatic carbocycles. The zero-order valence-electron chi connectivity index (χ0n) is 17.1. The molecule has 0 bridgehead atoms. The summed E-state index contributed by atoms with van der Waals surface area (Å²) in [6.07, 6.45) is 0.